The molecule has 0 spiro atoms. The van der Waals surface area contributed by atoms with Gasteiger partial charge >= 0.3 is 5.97 Å². The highest BCUT2D eigenvalue weighted by atomic mass is 79.9. The van der Waals surface area contributed by atoms with Crippen molar-refractivity contribution in [1.82, 2.24) is 4.98 Å². The summed E-state index contributed by atoms with van der Waals surface area (Å²) in [6.45, 7) is 0.196. The van der Waals surface area contributed by atoms with Crippen molar-refractivity contribution in [3.63, 3.8) is 0 Å². The van der Waals surface area contributed by atoms with Gasteiger partial charge in [0.15, 0.2) is 5.13 Å². The molecule has 1 aliphatic heterocycles. The quantitative estimate of drug-likeness (QED) is 0.906. The molecule has 0 bridgehead atoms. The van der Waals surface area contributed by atoms with Crippen LogP contribution >= 0.6 is 27.3 Å². The fourth-order valence-electron chi connectivity index (χ4n) is 2.20. The summed E-state index contributed by atoms with van der Waals surface area (Å²) in [7, 11) is 0. The van der Waals surface area contributed by atoms with Crippen LogP contribution in [0.3, 0.4) is 0 Å². The lowest BCUT2D eigenvalue weighted by Gasteiger charge is -2.11. The maximum Gasteiger partial charge on any atom is 0.308 e. The van der Waals surface area contributed by atoms with E-state index in [4.69, 9.17) is 5.11 Å². The van der Waals surface area contributed by atoms with Crippen LogP contribution in [0.15, 0.2) is 34.1 Å². The number of carboxylic acids is 1. The van der Waals surface area contributed by atoms with Crippen LogP contribution in [0.5, 0.6) is 0 Å². The number of hydrogen-bond acceptors (Lipinski definition) is 4. The summed E-state index contributed by atoms with van der Waals surface area (Å²) in [5.74, 6) is -1.76. The summed E-state index contributed by atoms with van der Waals surface area (Å²) in [5.41, 5.74) is 1.75. The third-order valence-corrected chi connectivity index (χ3v) is 4.73. The molecule has 7 heteroatoms. The Hall–Kier alpha value is -1.73. The first-order valence-electron chi connectivity index (χ1n) is 6.29. The molecular formula is C14H11BrN2O3S. The number of anilines is 1. The molecule has 0 radical (unpaired) electrons. The summed E-state index contributed by atoms with van der Waals surface area (Å²) in [6.07, 6.45) is 0.0442. The predicted molar refractivity (Wildman–Crippen MR) is 83.3 cm³/mol. The van der Waals surface area contributed by atoms with Gasteiger partial charge in [0.2, 0.25) is 5.91 Å². The second-order valence-corrected chi connectivity index (χ2v) is 6.52. The maximum absolute atomic E-state index is 11.9. The van der Waals surface area contributed by atoms with Gasteiger partial charge in [0.05, 0.1) is 11.6 Å². The first kappa shape index (κ1) is 14.2. The second-order valence-electron chi connectivity index (χ2n) is 4.77. The van der Waals surface area contributed by atoms with Crippen molar-refractivity contribution in [2.45, 2.75) is 6.42 Å². The third kappa shape index (κ3) is 2.84. The van der Waals surface area contributed by atoms with Gasteiger partial charge in [-0.1, -0.05) is 28.1 Å². The number of aliphatic carboxylic acids is 1. The zero-order valence-electron chi connectivity index (χ0n) is 10.8. The number of aromatic nitrogens is 1. The molecule has 5 nitrogen and oxygen atoms in total. The summed E-state index contributed by atoms with van der Waals surface area (Å²) in [4.78, 5) is 28.8. The number of hydrogen-bond donors (Lipinski definition) is 1. The smallest absolute Gasteiger partial charge is 0.308 e. The van der Waals surface area contributed by atoms with Crippen LogP contribution in [-0.2, 0) is 9.59 Å². The molecule has 1 aromatic heterocycles. The van der Waals surface area contributed by atoms with Crippen LogP contribution in [0.1, 0.15) is 6.42 Å². The lowest BCUT2D eigenvalue weighted by molar-refractivity contribution is -0.141. The van der Waals surface area contributed by atoms with Crippen molar-refractivity contribution in [2.75, 3.05) is 11.4 Å². The minimum Gasteiger partial charge on any atom is -0.481 e. The van der Waals surface area contributed by atoms with Crippen molar-refractivity contribution in [3.05, 3.63) is 34.1 Å². The largest absolute Gasteiger partial charge is 0.481 e. The lowest BCUT2D eigenvalue weighted by Crippen LogP contribution is -2.25. The Balaban J connectivity index is 1.84. The number of carbonyl (C=O) groups excluding carboxylic acids is 1. The fourth-order valence-corrected chi connectivity index (χ4v) is 3.32. The topological polar surface area (TPSA) is 70.5 Å². The molecule has 1 saturated heterocycles. The zero-order chi connectivity index (χ0) is 15.0. The van der Waals surface area contributed by atoms with E-state index in [0.717, 1.165) is 15.7 Å². The van der Waals surface area contributed by atoms with Gasteiger partial charge in [-0.05, 0) is 12.1 Å². The van der Waals surface area contributed by atoms with Crippen LogP contribution in [-0.4, -0.2) is 28.5 Å². The first-order chi connectivity index (χ1) is 10.0. The highest BCUT2D eigenvalue weighted by Gasteiger charge is 2.36. The van der Waals surface area contributed by atoms with E-state index in [9.17, 15) is 9.59 Å². The molecule has 2 heterocycles. The van der Waals surface area contributed by atoms with Gasteiger partial charge in [0, 0.05) is 28.4 Å². The van der Waals surface area contributed by atoms with Crippen LogP contribution in [0.4, 0.5) is 5.13 Å². The molecule has 3 rings (SSSR count). The summed E-state index contributed by atoms with van der Waals surface area (Å²) >= 11 is 4.73. The molecule has 0 saturated carbocycles. The summed E-state index contributed by atoms with van der Waals surface area (Å²) in [5, 5.41) is 11.4. The van der Waals surface area contributed by atoms with Crippen LogP contribution in [0.25, 0.3) is 11.3 Å². The molecule has 1 aromatic carbocycles. The number of thiazole rings is 1. The number of amides is 1. The van der Waals surface area contributed by atoms with E-state index in [2.05, 4.69) is 20.9 Å². The van der Waals surface area contributed by atoms with E-state index in [1.54, 1.807) is 0 Å². The van der Waals surface area contributed by atoms with E-state index in [-0.39, 0.29) is 18.9 Å². The van der Waals surface area contributed by atoms with Crippen LogP contribution in [0.2, 0.25) is 0 Å². The van der Waals surface area contributed by atoms with E-state index < -0.39 is 11.9 Å². The predicted octanol–water partition coefficient (Wildman–Crippen LogP) is 3.01. The van der Waals surface area contributed by atoms with Gasteiger partial charge < -0.3 is 5.11 Å². The van der Waals surface area contributed by atoms with Crippen LogP contribution < -0.4 is 4.90 Å². The zero-order valence-corrected chi connectivity index (χ0v) is 13.2. The molecule has 1 atom stereocenters. The number of halogens is 1. The van der Waals surface area contributed by atoms with E-state index in [1.807, 2.05) is 29.6 Å². The van der Waals surface area contributed by atoms with Gasteiger partial charge in [0.25, 0.3) is 0 Å². The fraction of sp³-hybridized carbons (Fsp3) is 0.214. The van der Waals surface area contributed by atoms with Crippen molar-refractivity contribution in [1.29, 1.82) is 0 Å². The van der Waals surface area contributed by atoms with Gasteiger partial charge in [-0.15, -0.1) is 11.3 Å². The van der Waals surface area contributed by atoms with Crippen molar-refractivity contribution < 1.29 is 14.7 Å². The molecule has 21 heavy (non-hydrogen) atoms. The summed E-state index contributed by atoms with van der Waals surface area (Å²) < 4.78 is 0.987. The SMILES string of the molecule is O=C(O)C1CC(=O)N(c2nc(-c3ccc(Br)cc3)cs2)C1. The van der Waals surface area contributed by atoms with Crippen molar-refractivity contribution >= 4 is 44.3 Å². The Morgan fingerprint density at radius 1 is 1.38 bits per heavy atom. The number of carbonyl (C=O) groups is 2. The molecule has 0 aliphatic carbocycles. The van der Waals surface area contributed by atoms with Gasteiger partial charge in [-0.25, -0.2) is 4.98 Å². The third-order valence-electron chi connectivity index (χ3n) is 3.34. The van der Waals surface area contributed by atoms with Gasteiger partial charge in [-0.2, -0.15) is 0 Å². The number of rotatable bonds is 3. The number of nitrogens with zero attached hydrogens (tertiary/aromatic N) is 2. The summed E-state index contributed by atoms with van der Waals surface area (Å²) in [6, 6.07) is 7.73. The number of carboxylic acid groups (broad SMARTS) is 1. The Kier molecular flexibility index (Phi) is 3.77. The molecule has 1 unspecified atom stereocenters. The molecule has 108 valence electrons. The van der Waals surface area contributed by atoms with Gasteiger partial charge in [-0.3, -0.25) is 14.5 Å². The lowest BCUT2D eigenvalue weighted by atomic mass is 10.1. The minimum absolute atomic E-state index is 0.0442. The molecule has 1 fully saturated rings. The van der Waals surface area contributed by atoms with Crippen molar-refractivity contribution in [2.24, 2.45) is 5.92 Å². The van der Waals surface area contributed by atoms with E-state index in [1.165, 1.54) is 16.2 Å². The maximum atomic E-state index is 11.9. The normalized spacial score (nSPS) is 18.2. The molecule has 1 N–H and O–H groups in total. The Morgan fingerprint density at radius 2 is 2.10 bits per heavy atom. The first-order valence-corrected chi connectivity index (χ1v) is 7.96. The Morgan fingerprint density at radius 3 is 2.71 bits per heavy atom. The molecule has 1 aliphatic rings. The monoisotopic (exact) mass is 366 g/mol. The standard InChI is InChI=1S/C14H11BrN2O3S/c15-10-3-1-8(2-4-10)11-7-21-14(16-11)17-6-9(13(19)20)5-12(17)18/h1-4,7,9H,5-6H2,(H,19,20). The average molecular weight is 367 g/mol. The average Bonchev–Trinajstić information content (AvgIpc) is 3.06. The highest BCUT2D eigenvalue weighted by Crippen LogP contribution is 2.32. The highest BCUT2D eigenvalue weighted by molar-refractivity contribution is 9.10. The van der Waals surface area contributed by atoms with E-state index in [0.29, 0.717) is 5.13 Å². The van der Waals surface area contributed by atoms with Crippen molar-refractivity contribution in [3.8, 4) is 11.3 Å². The van der Waals surface area contributed by atoms with E-state index >= 15 is 0 Å². The Labute approximate surface area is 133 Å². The van der Waals surface area contributed by atoms with Gasteiger partial charge in [0.1, 0.15) is 0 Å². The Bertz CT molecular complexity index is 698. The van der Waals surface area contributed by atoms with Crippen LogP contribution in [0, 0.1) is 5.92 Å². The number of benzene rings is 1. The molecule has 2 aromatic rings. The second kappa shape index (κ2) is 5.57. The molecule has 1 amide bonds. The minimum atomic E-state index is -0.935. The molecular weight excluding hydrogens is 356 g/mol.